The highest BCUT2D eigenvalue weighted by Crippen LogP contribution is 2.34. The van der Waals surface area contributed by atoms with Crippen molar-refractivity contribution < 1.29 is 19.1 Å². The second-order valence-electron chi connectivity index (χ2n) is 8.08. The van der Waals surface area contributed by atoms with Gasteiger partial charge >= 0.3 is 12.1 Å². The second-order valence-corrected chi connectivity index (χ2v) is 8.08. The molecule has 2 aromatic carbocycles. The largest absolute Gasteiger partial charge is 0.493 e. The summed E-state index contributed by atoms with van der Waals surface area (Å²) in [6.07, 6.45) is 1.53. The Morgan fingerprint density at radius 2 is 1.68 bits per heavy atom. The number of nitrogens with one attached hydrogen (secondary N) is 3. The molecule has 3 N–H and O–H groups in total. The number of benzene rings is 2. The lowest BCUT2D eigenvalue weighted by Gasteiger charge is -2.36. The lowest BCUT2D eigenvalue weighted by Crippen LogP contribution is -2.50. The number of para-hydroxylation sites is 1. The highest BCUT2D eigenvalue weighted by Gasteiger charge is 2.22. The third-order valence-corrected chi connectivity index (χ3v) is 5.86. The number of aromatic nitrogens is 1. The fraction of sp³-hybridized carbons (Fsp3) is 0.231. The number of ether oxygens (including phenoxy) is 2. The molecule has 1 aliphatic rings. The number of piperazine rings is 1. The Kier molecular flexibility index (Phi) is 7.90. The predicted octanol–water partition coefficient (Wildman–Crippen LogP) is 3.97. The summed E-state index contributed by atoms with van der Waals surface area (Å²) in [5, 5.41) is 17.5. The Morgan fingerprint density at radius 1 is 0.919 bits per heavy atom. The summed E-state index contributed by atoms with van der Waals surface area (Å²) < 4.78 is 10.6. The van der Waals surface area contributed by atoms with Crippen molar-refractivity contribution in [2.24, 2.45) is 0 Å². The second kappa shape index (κ2) is 11.6. The molecule has 190 valence electrons. The third kappa shape index (κ3) is 5.99. The van der Waals surface area contributed by atoms with Crippen LogP contribution < -0.4 is 30.3 Å². The predicted molar refractivity (Wildman–Crippen MR) is 140 cm³/mol. The molecule has 0 aliphatic carbocycles. The highest BCUT2D eigenvalue weighted by atomic mass is 16.5. The van der Waals surface area contributed by atoms with Gasteiger partial charge in [-0.3, -0.25) is 5.32 Å². The standard InChI is InChI=1S/C26H27N7O4/c1-36-22-7-3-6-21(23(22)37-2)30-25(34)29-19-8-10-20(11-9-19)32-13-15-33(16-14-32)26(35)31-24-18(17-27)5-4-12-28-24/h3-12H,13-16H2,1-2H3,(H,28,31,35)(H2,29,30,34). The number of methoxy groups -OCH3 is 2. The summed E-state index contributed by atoms with van der Waals surface area (Å²) in [5.74, 6) is 1.22. The van der Waals surface area contributed by atoms with E-state index in [1.54, 1.807) is 35.2 Å². The molecule has 11 nitrogen and oxygen atoms in total. The van der Waals surface area contributed by atoms with Crippen molar-refractivity contribution in [3.63, 3.8) is 0 Å². The molecule has 0 atom stereocenters. The molecule has 0 radical (unpaired) electrons. The van der Waals surface area contributed by atoms with Crippen LogP contribution in [0.15, 0.2) is 60.8 Å². The fourth-order valence-corrected chi connectivity index (χ4v) is 3.97. The number of carbonyl (C=O) groups is 2. The molecule has 0 bridgehead atoms. The van der Waals surface area contributed by atoms with Crippen LogP contribution in [0, 0.1) is 11.3 Å². The van der Waals surface area contributed by atoms with E-state index in [9.17, 15) is 14.9 Å². The minimum Gasteiger partial charge on any atom is -0.493 e. The van der Waals surface area contributed by atoms with Crippen LogP contribution in [-0.4, -0.2) is 62.3 Å². The Bertz CT molecular complexity index is 1300. The van der Waals surface area contributed by atoms with Crippen molar-refractivity contribution in [2.75, 3.05) is 61.2 Å². The van der Waals surface area contributed by atoms with Crippen molar-refractivity contribution in [2.45, 2.75) is 0 Å². The van der Waals surface area contributed by atoms with Gasteiger partial charge in [0.1, 0.15) is 6.07 Å². The Morgan fingerprint density at radius 3 is 2.35 bits per heavy atom. The minimum atomic E-state index is -0.411. The van der Waals surface area contributed by atoms with E-state index < -0.39 is 6.03 Å². The minimum absolute atomic E-state index is 0.259. The van der Waals surface area contributed by atoms with Gasteiger partial charge in [0.2, 0.25) is 0 Å². The number of hydrogen-bond donors (Lipinski definition) is 3. The summed E-state index contributed by atoms with van der Waals surface area (Å²) in [4.78, 5) is 33.1. The average molecular weight is 502 g/mol. The van der Waals surface area contributed by atoms with Gasteiger partial charge in [-0.2, -0.15) is 5.26 Å². The zero-order chi connectivity index (χ0) is 26.2. The first-order chi connectivity index (χ1) is 18.0. The number of hydrogen-bond acceptors (Lipinski definition) is 7. The smallest absolute Gasteiger partial charge is 0.323 e. The van der Waals surface area contributed by atoms with Crippen molar-refractivity contribution in [1.82, 2.24) is 9.88 Å². The van der Waals surface area contributed by atoms with Gasteiger partial charge < -0.3 is 29.9 Å². The van der Waals surface area contributed by atoms with E-state index in [-0.39, 0.29) is 11.8 Å². The first kappa shape index (κ1) is 25.1. The molecule has 0 unspecified atom stereocenters. The molecule has 1 fully saturated rings. The third-order valence-electron chi connectivity index (χ3n) is 5.86. The molecular formula is C26H27N7O4. The number of amides is 4. The average Bonchev–Trinajstić information content (AvgIpc) is 2.93. The Balaban J connectivity index is 1.29. The van der Waals surface area contributed by atoms with E-state index >= 15 is 0 Å². The number of nitrogens with zero attached hydrogens (tertiary/aromatic N) is 4. The lowest BCUT2D eigenvalue weighted by molar-refractivity contribution is 0.208. The normalized spacial score (nSPS) is 12.8. The number of pyridine rings is 1. The Hall–Kier alpha value is -4.98. The van der Waals surface area contributed by atoms with Gasteiger partial charge in [0.15, 0.2) is 17.3 Å². The van der Waals surface area contributed by atoms with Crippen LogP contribution in [0.4, 0.5) is 32.5 Å². The molecule has 1 aliphatic heterocycles. The van der Waals surface area contributed by atoms with Crippen LogP contribution in [-0.2, 0) is 0 Å². The van der Waals surface area contributed by atoms with E-state index in [0.29, 0.717) is 54.6 Å². The van der Waals surface area contributed by atoms with Gasteiger partial charge in [-0.05, 0) is 48.5 Å². The SMILES string of the molecule is COc1cccc(NC(=O)Nc2ccc(N3CCN(C(=O)Nc4ncccc4C#N)CC3)cc2)c1OC. The number of urea groups is 2. The summed E-state index contributed by atoms with van der Waals surface area (Å²) >= 11 is 0. The highest BCUT2D eigenvalue weighted by molar-refractivity contribution is 6.01. The van der Waals surface area contributed by atoms with Crippen LogP contribution in [0.5, 0.6) is 11.5 Å². The molecule has 1 aromatic heterocycles. The molecule has 37 heavy (non-hydrogen) atoms. The molecule has 11 heteroatoms. The van der Waals surface area contributed by atoms with E-state index in [1.165, 1.54) is 20.4 Å². The van der Waals surface area contributed by atoms with Crippen LogP contribution in [0.25, 0.3) is 0 Å². The monoisotopic (exact) mass is 501 g/mol. The number of carbonyl (C=O) groups excluding carboxylic acids is 2. The van der Waals surface area contributed by atoms with Gasteiger partial charge in [-0.25, -0.2) is 14.6 Å². The number of nitriles is 1. The van der Waals surface area contributed by atoms with Crippen LogP contribution in [0.3, 0.4) is 0 Å². The molecule has 0 saturated carbocycles. The quantitative estimate of drug-likeness (QED) is 0.466. The first-order valence-corrected chi connectivity index (χ1v) is 11.6. The molecule has 0 spiro atoms. The molecule has 4 rings (SSSR count). The van der Waals surface area contributed by atoms with Crippen molar-refractivity contribution in [1.29, 1.82) is 5.26 Å². The maximum atomic E-state index is 12.6. The molecule has 3 aromatic rings. The zero-order valence-electron chi connectivity index (χ0n) is 20.5. The fourth-order valence-electron chi connectivity index (χ4n) is 3.97. The summed E-state index contributed by atoms with van der Waals surface area (Å²) in [7, 11) is 3.04. The van der Waals surface area contributed by atoms with Crippen molar-refractivity contribution in [3.05, 3.63) is 66.4 Å². The molecule has 2 heterocycles. The topological polar surface area (TPSA) is 132 Å². The van der Waals surface area contributed by atoms with Gasteiger partial charge in [0.25, 0.3) is 0 Å². The van der Waals surface area contributed by atoms with Crippen LogP contribution in [0.2, 0.25) is 0 Å². The van der Waals surface area contributed by atoms with Crippen LogP contribution in [0.1, 0.15) is 5.56 Å². The number of rotatable bonds is 6. The van der Waals surface area contributed by atoms with E-state index in [4.69, 9.17) is 9.47 Å². The first-order valence-electron chi connectivity index (χ1n) is 11.6. The summed E-state index contributed by atoms with van der Waals surface area (Å²) in [6.45, 7) is 2.32. The Labute approximate surface area is 214 Å². The molecule has 1 saturated heterocycles. The van der Waals surface area contributed by atoms with Gasteiger partial charge in [0.05, 0.1) is 25.5 Å². The van der Waals surface area contributed by atoms with Crippen molar-refractivity contribution >= 4 is 34.9 Å². The maximum Gasteiger partial charge on any atom is 0.323 e. The summed E-state index contributed by atoms with van der Waals surface area (Å²) in [6, 6.07) is 17.3. The van der Waals surface area contributed by atoms with Gasteiger partial charge in [-0.1, -0.05) is 6.07 Å². The van der Waals surface area contributed by atoms with Crippen LogP contribution >= 0.6 is 0 Å². The zero-order valence-corrected chi connectivity index (χ0v) is 20.5. The van der Waals surface area contributed by atoms with Gasteiger partial charge in [-0.15, -0.1) is 0 Å². The molecular weight excluding hydrogens is 474 g/mol. The van der Waals surface area contributed by atoms with E-state index in [0.717, 1.165) is 5.69 Å². The summed E-state index contributed by atoms with van der Waals surface area (Å²) in [5.41, 5.74) is 2.42. The van der Waals surface area contributed by atoms with Crippen molar-refractivity contribution in [3.8, 4) is 17.6 Å². The van der Waals surface area contributed by atoms with E-state index in [2.05, 4.69) is 25.8 Å². The molecule has 4 amide bonds. The maximum absolute atomic E-state index is 12.6. The van der Waals surface area contributed by atoms with E-state index in [1.807, 2.05) is 30.3 Å². The lowest BCUT2D eigenvalue weighted by atomic mass is 10.2. The number of anilines is 4. The van der Waals surface area contributed by atoms with Gasteiger partial charge in [0, 0.05) is 43.8 Å².